The maximum absolute atomic E-state index is 13.1. The van der Waals surface area contributed by atoms with Crippen molar-refractivity contribution in [1.82, 2.24) is 9.88 Å². The molecule has 1 atom stereocenters. The molecule has 0 aliphatic carbocycles. The number of anilines is 1. The van der Waals surface area contributed by atoms with Crippen molar-refractivity contribution in [2.75, 3.05) is 31.1 Å². The molecule has 1 fully saturated rings. The molecule has 0 aromatic carbocycles. The summed E-state index contributed by atoms with van der Waals surface area (Å²) in [6, 6.07) is 1.81. The predicted molar refractivity (Wildman–Crippen MR) is 69.0 cm³/mol. The number of hydrogen-bond donors (Lipinski definition) is 1. The van der Waals surface area contributed by atoms with Crippen molar-refractivity contribution in [3.8, 4) is 0 Å². The van der Waals surface area contributed by atoms with Crippen LogP contribution in [0.4, 0.5) is 10.2 Å². The Morgan fingerprint density at radius 2 is 2.28 bits per heavy atom. The smallest absolute Gasteiger partial charge is 0.142 e. The third-order valence-corrected chi connectivity index (χ3v) is 3.55. The Balaban J connectivity index is 2.17. The van der Waals surface area contributed by atoms with Gasteiger partial charge in [-0.25, -0.2) is 9.37 Å². The van der Waals surface area contributed by atoms with E-state index in [1.165, 1.54) is 12.3 Å². The Hall–Kier alpha value is -1.20. The van der Waals surface area contributed by atoms with E-state index in [-0.39, 0.29) is 6.61 Å². The highest BCUT2D eigenvalue weighted by atomic mass is 19.1. The number of aromatic nitrogens is 1. The van der Waals surface area contributed by atoms with Crippen molar-refractivity contribution in [3.05, 3.63) is 23.6 Å². The topological polar surface area (TPSA) is 39.6 Å². The average molecular weight is 253 g/mol. The minimum absolute atomic E-state index is 0.178. The Kier molecular flexibility index (Phi) is 4.14. The fourth-order valence-electron chi connectivity index (χ4n) is 2.53. The first-order valence-corrected chi connectivity index (χ1v) is 6.40. The minimum Gasteiger partial charge on any atom is -0.392 e. The molecular formula is C13H20FN3O. The normalized spacial score (nSPS) is 21.3. The molecule has 5 heteroatoms. The first-order valence-electron chi connectivity index (χ1n) is 6.40. The molecule has 18 heavy (non-hydrogen) atoms. The molecule has 0 amide bonds. The van der Waals surface area contributed by atoms with Crippen molar-refractivity contribution in [2.24, 2.45) is 0 Å². The molecule has 1 saturated heterocycles. The Labute approximate surface area is 107 Å². The van der Waals surface area contributed by atoms with E-state index in [0.29, 0.717) is 17.4 Å². The van der Waals surface area contributed by atoms with Crippen LogP contribution in [0.15, 0.2) is 12.3 Å². The third-order valence-electron chi connectivity index (χ3n) is 3.55. The van der Waals surface area contributed by atoms with Crippen molar-refractivity contribution in [3.63, 3.8) is 0 Å². The van der Waals surface area contributed by atoms with Crippen LogP contribution in [0.1, 0.15) is 19.4 Å². The number of aliphatic hydroxyl groups excluding tert-OH is 1. The summed E-state index contributed by atoms with van der Waals surface area (Å²) in [5.41, 5.74) is 0.562. The second-order valence-corrected chi connectivity index (χ2v) is 4.72. The van der Waals surface area contributed by atoms with Gasteiger partial charge in [0.1, 0.15) is 11.6 Å². The molecule has 1 aliphatic heterocycles. The molecular weight excluding hydrogens is 233 g/mol. The van der Waals surface area contributed by atoms with Crippen LogP contribution in [0.25, 0.3) is 0 Å². The van der Waals surface area contributed by atoms with Crippen LogP contribution in [0.5, 0.6) is 0 Å². The highest BCUT2D eigenvalue weighted by Crippen LogP contribution is 2.21. The lowest BCUT2D eigenvalue weighted by molar-refractivity contribution is 0.198. The first kappa shape index (κ1) is 13.2. The van der Waals surface area contributed by atoms with Crippen LogP contribution < -0.4 is 4.90 Å². The summed E-state index contributed by atoms with van der Waals surface area (Å²) in [5.74, 6) is 0.310. The zero-order chi connectivity index (χ0) is 13.1. The van der Waals surface area contributed by atoms with Crippen LogP contribution in [-0.4, -0.2) is 47.2 Å². The van der Waals surface area contributed by atoms with E-state index >= 15 is 0 Å². The van der Waals surface area contributed by atoms with Crippen molar-refractivity contribution in [1.29, 1.82) is 0 Å². The van der Waals surface area contributed by atoms with E-state index in [4.69, 9.17) is 0 Å². The van der Waals surface area contributed by atoms with Gasteiger partial charge in [-0.2, -0.15) is 0 Å². The number of aliphatic hydroxyl groups is 1. The summed E-state index contributed by atoms with van der Waals surface area (Å²) in [4.78, 5) is 8.66. The lowest BCUT2D eigenvalue weighted by Gasteiger charge is -2.40. The number of nitrogens with zero attached hydrogens (tertiary/aromatic N) is 3. The quantitative estimate of drug-likeness (QED) is 0.880. The van der Waals surface area contributed by atoms with E-state index < -0.39 is 5.82 Å². The molecule has 1 aromatic heterocycles. The van der Waals surface area contributed by atoms with Crippen molar-refractivity contribution >= 4 is 5.82 Å². The molecule has 1 unspecified atom stereocenters. The van der Waals surface area contributed by atoms with Crippen LogP contribution in [0.3, 0.4) is 0 Å². The number of likely N-dealkylation sites (N-methyl/N-ethyl adjacent to an activating group) is 1. The standard InChI is InChI=1S/C13H20FN3O/c1-3-16-4-5-17(8-10(16)2)13-11(9-18)6-12(14)7-15-13/h6-7,10,18H,3-5,8-9H2,1-2H3. The van der Waals surface area contributed by atoms with Gasteiger partial charge in [-0.05, 0) is 19.5 Å². The summed E-state index contributed by atoms with van der Waals surface area (Å²) in [6.07, 6.45) is 1.21. The van der Waals surface area contributed by atoms with Gasteiger partial charge in [0.2, 0.25) is 0 Å². The molecule has 1 N–H and O–H groups in total. The van der Waals surface area contributed by atoms with Gasteiger partial charge in [0.15, 0.2) is 0 Å². The summed E-state index contributed by atoms with van der Waals surface area (Å²) >= 11 is 0. The number of piperazine rings is 1. The first-order chi connectivity index (χ1) is 8.65. The van der Waals surface area contributed by atoms with Gasteiger partial charge < -0.3 is 10.0 Å². The van der Waals surface area contributed by atoms with Crippen molar-refractivity contribution in [2.45, 2.75) is 26.5 Å². The number of pyridine rings is 1. The van der Waals surface area contributed by atoms with Crippen molar-refractivity contribution < 1.29 is 9.50 Å². The Morgan fingerprint density at radius 3 is 2.89 bits per heavy atom. The Bertz CT molecular complexity index is 413. The molecule has 1 aliphatic rings. The van der Waals surface area contributed by atoms with Gasteiger partial charge in [0, 0.05) is 31.2 Å². The van der Waals surface area contributed by atoms with Gasteiger partial charge in [-0.3, -0.25) is 4.90 Å². The number of rotatable bonds is 3. The molecule has 0 spiro atoms. The highest BCUT2D eigenvalue weighted by molar-refractivity contribution is 5.47. The summed E-state index contributed by atoms with van der Waals surface area (Å²) in [6.45, 7) is 7.89. The minimum atomic E-state index is -0.400. The highest BCUT2D eigenvalue weighted by Gasteiger charge is 2.24. The third kappa shape index (κ3) is 2.62. The fourth-order valence-corrected chi connectivity index (χ4v) is 2.53. The summed E-state index contributed by atoms with van der Waals surface area (Å²) in [5, 5.41) is 9.29. The maximum atomic E-state index is 13.1. The van der Waals surface area contributed by atoms with Crippen LogP contribution in [-0.2, 0) is 6.61 Å². The van der Waals surface area contributed by atoms with E-state index in [2.05, 4.69) is 28.6 Å². The number of halogens is 1. The lowest BCUT2D eigenvalue weighted by Crippen LogP contribution is -2.52. The zero-order valence-electron chi connectivity index (χ0n) is 10.9. The molecule has 0 saturated carbocycles. The van der Waals surface area contributed by atoms with Gasteiger partial charge in [0.05, 0.1) is 12.8 Å². The maximum Gasteiger partial charge on any atom is 0.142 e. The molecule has 4 nitrogen and oxygen atoms in total. The SMILES string of the molecule is CCN1CCN(c2ncc(F)cc2CO)CC1C. The molecule has 0 radical (unpaired) electrons. The predicted octanol–water partition coefficient (Wildman–Crippen LogP) is 1.24. The van der Waals surface area contributed by atoms with Crippen LogP contribution in [0.2, 0.25) is 0 Å². The van der Waals surface area contributed by atoms with Gasteiger partial charge >= 0.3 is 0 Å². The van der Waals surface area contributed by atoms with Gasteiger partial charge in [0.25, 0.3) is 0 Å². The van der Waals surface area contributed by atoms with E-state index in [0.717, 1.165) is 26.2 Å². The van der Waals surface area contributed by atoms with E-state index in [1.807, 2.05) is 0 Å². The van der Waals surface area contributed by atoms with Gasteiger partial charge in [-0.15, -0.1) is 0 Å². The lowest BCUT2D eigenvalue weighted by atomic mass is 10.1. The summed E-state index contributed by atoms with van der Waals surface area (Å²) < 4.78 is 13.1. The van der Waals surface area contributed by atoms with Crippen LogP contribution >= 0.6 is 0 Å². The zero-order valence-corrected chi connectivity index (χ0v) is 10.9. The molecule has 2 rings (SSSR count). The number of hydrogen-bond acceptors (Lipinski definition) is 4. The molecule has 0 bridgehead atoms. The average Bonchev–Trinajstić information content (AvgIpc) is 2.38. The second kappa shape index (κ2) is 5.63. The molecule has 100 valence electrons. The Morgan fingerprint density at radius 1 is 1.50 bits per heavy atom. The molecule has 1 aromatic rings. The van der Waals surface area contributed by atoms with E-state index in [1.54, 1.807) is 0 Å². The fraction of sp³-hybridized carbons (Fsp3) is 0.615. The monoisotopic (exact) mass is 253 g/mol. The van der Waals surface area contributed by atoms with E-state index in [9.17, 15) is 9.50 Å². The van der Waals surface area contributed by atoms with Crippen LogP contribution in [0, 0.1) is 5.82 Å². The second-order valence-electron chi connectivity index (χ2n) is 4.72. The molecule has 2 heterocycles. The largest absolute Gasteiger partial charge is 0.392 e. The van der Waals surface area contributed by atoms with Gasteiger partial charge in [-0.1, -0.05) is 6.92 Å². The summed E-state index contributed by atoms with van der Waals surface area (Å²) in [7, 11) is 0.